The fraction of sp³-hybridized carbons (Fsp3) is 0.259. The number of alkyl halides is 3. The van der Waals surface area contributed by atoms with Crippen molar-refractivity contribution in [3.63, 3.8) is 0 Å². The van der Waals surface area contributed by atoms with Gasteiger partial charge in [-0.2, -0.15) is 13.2 Å². The number of piperidine rings is 1. The predicted molar refractivity (Wildman–Crippen MR) is 133 cm³/mol. The average Bonchev–Trinajstić information content (AvgIpc) is 3.27. The molecule has 1 aromatic heterocycles. The number of carboxylic acid groups (broad SMARTS) is 1. The Bertz CT molecular complexity index is 1370. The van der Waals surface area contributed by atoms with Crippen molar-refractivity contribution in [2.75, 3.05) is 13.1 Å². The number of imidazole rings is 1. The van der Waals surface area contributed by atoms with Gasteiger partial charge in [0.25, 0.3) is 0 Å². The lowest BCUT2D eigenvalue weighted by Gasteiger charge is -2.30. The molecular formula is C27H26F4N4O2. The third-order valence-electron chi connectivity index (χ3n) is 6.05. The summed E-state index contributed by atoms with van der Waals surface area (Å²) < 4.78 is 45.2. The topological polar surface area (TPSA) is 95.2 Å². The molecule has 1 fully saturated rings. The average molecular weight is 515 g/mol. The quantitative estimate of drug-likeness (QED) is 0.309. The molecule has 0 bridgehead atoms. The van der Waals surface area contributed by atoms with E-state index in [2.05, 4.69) is 63.4 Å². The number of likely N-dealkylation sites (tertiary alicyclic amines) is 1. The Kier molecular flexibility index (Phi) is 7.89. The normalized spacial score (nSPS) is 16.3. The van der Waals surface area contributed by atoms with Gasteiger partial charge in [-0.05, 0) is 60.3 Å². The van der Waals surface area contributed by atoms with Gasteiger partial charge in [0.15, 0.2) is 0 Å². The lowest BCUT2D eigenvalue weighted by molar-refractivity contribution is -0.192. The van der Waals surface area contributed by atoms with Gasteiger partial charge in [0, 0.05) is 24.7 Å². The van der Waals surface area contributed by atoms with Crippen LogP contribution in [0.1, 0.15) is 18.4 Å². The minimum atomic E-state index is -5.08. The number of carbonyl (C=O) groups is 1. The summed E-state index contributed by atoms with van der Waals surface area (Å²) in [5.41, 5.74) is 12.3. The maximum atomic E-state index is 13.4. The van der Waals surface area contributed by atoms with Crippen molar-refractivity contribution in [3.8, 4) is 22.5 Å². The zero-order valence-electron chi connectivity index (χ0n) is 19.8. The first-order valence-corrected chi connectivity index (χ1v) is 11.7. The molecular weight excluding hydrogens is 488 g/mol. The smallest absolute Gasteiger partial charge is 0.475 e. The molecule has 0 amide bonds. The first-order chi connectivity index (χ1) is 17.6. The molecule has 0 aliphatic carbocycles. The molecule has 0 saturated carbocycles. The summed E-state index contributed by atoms with van der Waals surface area (Å²) in [6.45, 7) is 3.03. The minimum Gasteiger partial charge on any atom is -0.475 e. The van der Waals surface area contributed by atoms with Crippen molar-refractivity contribution >= 4 is 17.0 Å². The van der Waals surface area contributed by atoms with Crippen LogP contribution in [-0.4, -0.2) is 51.3 Å². The number of nitrogens with two attached hydrogens (primary N) is 1. The van der Waals surface area contributed by atoms with E-state index in [0.29, 0.717) is 11.6 Å². The highest BCUT2D eigenvalue weighted by atomic mass is 19.4. The molecule has 37 heavy (non-hydrogen) atoms. The highest BCUT2D eigenvalue weighted by Crippen LogP contribution is 2.26. The number of aromatic amines is 1. The predicted octanol–water partition coefficient (Wildman–Crippen LogP) is 5.59. The number of H-pyrrole nitrogens is 1. The van der Waals surface area contributed by atoms with Crippen LogP contribution in [0.3, 0.4) is 0 Å². The van der Waals surface area contributed by atoms with Crippen LogP contribution < -0.4 is 5.73 Å². The Hall–Kier alpha value is -3.76. The number of carboxylic acids is 1. The Labute approximate surface area is 210 Å². The van der Waals surface area contributed by atoms with Crippen molar-refractivity contribution in [1.82, 2.24) is 14.9 Å². The Balaban J connectivity index is 0.000000405. The molecule has 5 rings (SSSR count). The van der Waals surface area contributed by atoms with Gasteiger partial charge >= 0.3 is 12.1 Å². The van der Waals surface area contributed by atoms with Gasteiger partial charge in [-0.25, -0.2) is 14.2 Å². The van der Waals surface area contributed by atoms with Gasteiger partial charge in [-0.3, -0.25) is 4.90 Å². The molecule has 1 aliphatic heterocycles. The standard InChI is InChI=1S/C25H25FN4.C2HF3O2/c26-21-10-11-23-24(14-21)29-25(28-23)19-8-6-18(7-9-19)20-4-1-3-17(13-20)15-30-12-2-5-22(27)16-30;3-2(4,5)1(6)7/h1,3-4,6-11,13-14,22H,2,5,12,15-16,27H2,(H,28,29);(H,6,7). The molecule has 3 aromatic carbocycles. The second-order valence-electron chi connectivity index (χ2n) is 8.96. The number of nitrogens with one attached hydrogen (secondary N) is 1. The second-order valence-corrected chi connectivity index (χ2v) is 8.96. The number of aliphatic carboxylic acids is 1. The van der Waals surface area contributed by atoms with Crippen LogP contribution in [0.2, 0.25) is 0 Å². The van der Waals surface area contributed by atoms with Crippen LogP contribution in [0.5, 0.6) is 0 Å². The minimum absolute atomic E-state index is 0.264. The van der Waals surface area contributed by atoms with Crippen LogP contribution in [0.4, 0.5) is 17.6 Å². The molecule has 0 spiro atoms. The van der Waals surface area contributed by atoms with Crippen LogP contribution in [0.15, 0.2) is 66.7 Å². The lowest BCUT2D eigenvalue weighted by atomic mass is 10.0. The number of nitrogens with zero attached hydrogens (tertiary/aromatic N) is 2. The van der Waals surface area contributed by atoms with Crippen molar-refractivity contribution in [2.45, 2.75) is 31.6 Å². The maximum absolute atomic E-state index is 13.4. The van der Waals surface area contributed by atoms with Crippen LogP contribution in [0.25, 0.3) is 33.5 Å². The van der Waals surface area contributed by atoms with E-state index in [1.807, 2.05) is 0 Å². The number of aromatic nitrogens is 2. The molecule has 6 nitrogen and oxygen atoms in total. The molecule has 1 atom stereocenters. The first-order valence-electron chi connectivity index (χ1n) is 11.7. The van der Waals surface area contributed by atoms with Crippen LogP contribution >= 0.6 is 0 Å². The maximum Gasteiger partial charge on any atom is 0.490 e. The first kappa shape index (κ1) is 26.3. The van der Waals surface area contributed by atoms with Crippen LogP contribution in [-0.2, 0) is 11.3 Å². The molecule has 0 radical (unpaired) electrons. The zero-order valence-corrected chi connectivity index (χ0v) is 19.8. The molecule has 10 heteroatoms. The lowest BCUT2D eigenvalue weighted by Crippen LogP contribution is -2.42. The summed E-state index contributed by atoms with van der Waals surface area (Å²) in [5, 5.41) is 7.12. The van der Waals surface area contributed by atoms with Gasteiger partial charge in [-0.15, -0.1) is 0 Å². The van der Waals surface area contributed by atoms with Gasteiger partial charge in [0.2, 0.25) is 0 Å². The fourth-order valence-corrected chi connectivity index (χ4v) is 4.28. The molecule has 194 valence electrons. The summed E-state index contributed by atoms with van der Waals surface area (Å²) in [4.78, 5) is 19.1. The second kappa shape index (κ2) is 11.1. The molecule has 2 heterocycles. The molecule has 4 N–H and O–H groups in total. The number of halogens is 4. The molecule has 1 aliphatic rings. The third-order valence-corrected chi connectivity index (χ3v) is 6.05. The highest BCUT2D eigenvalue weighted by Gasteiger charge is 2.38. The van der Waals surface area contributed by atoms with E-state index in [-0.39, 0.29) is 5.82 Å². The van der Waals surface area contributed by atoms with E-state index in [1.54, 1.807) is 6.07 Å². The third kappa shape index (κ3) is 6.93. The Morgan fingerprint density at radius 1 is 1.05 bits per heavy atom. The monoisotopic (exact) mass is 514 g/mol. The summed E-state index contributed by atoms with van der Waals surface area (Å²) >= 11 is 0. The summed E-state index contributed by atoms with van der Waals surface area (Å²) in [5.74, 6) is -2.27. The van der Waals surface area contributed by atoms with Crippen LogP contribution in [0, 0.1) is 5.82 Å². The number of hydrogen-bond acceptors (Lipinski definition) is 4. The number of benzene rings is 3. The van der Waals surface area contributed by atoms with Gasteiger partial charge in [-0.1, -0.05) is 42.5 Å². The molecule has 4 aromatic rings. The van der Waals surface area contributed by atoms with Crippen molar-refractivity contribution in [2.24, 2.45) is 5.73 Å². The van der Waals surface area contributed by atoms with E-state index < -0.39 is 12.1 Å². The van der Waals surface area contributed by atoms with Crippen molar-refractivity contribution in [3.05, 3.63) is 78.1 Å². The Morgan fingerprint density at radius 2 is 1.76 bits per heavy atom. The van der Waals surface area contributed by atoms with E-state index in [9.17, 15) is 17.6 Å². The molecule has 1 unspecified atom stereocenters. The van der Waals surface area contributed by atoms with Gasteiger partial charge in [0.05, 0.1) is 11.0 Å². The summed E-state index contributed by atoms with van der Waals surface area (Å²) in [6.07, 6.45) is -2.78. The van der Waals surface area contributed by atoms with Crippen molar-refractivity contribution < 1.29 is 27.5 Å². The summed E-state index contributed by atoms with van der Waals surface area (Å²) in [6, 6.07) is 21.9. The number of rotatable bonds is 4. The molecule has 1 saturated heterocycles. The number of fused-ring (bicyclic) bond motifs is 1. The highest BCUT2D eigenvalue weighted by molar-refractivity contribution is 5.80. The number of hydrogen-bond donors (Lipinski definition) is 3. The van der Waals surface area contributed by atoms with E-state index in [1.165, 1.54) is 29.7 Å². The van der Waals surface area contributed by atoms with Crippen molar-refractivity contribution in [1.29, 1.82) is 0 Å². The van der Waals surface area contributed by atoms with Gasteiger partial charge < -0.3 is 15.8 Å². The Morgan fingerprint density at radius 3 is 2.43 bits per heavy atom. The van der Waals surface area contributed by atoms with E-state index in [0.717, 1.165) is 48.5 Å². The summed E-state index contributed by atoms with van der Waals surface area (Å²) in [7, 11) is 0. The largest absolute Gasteiger partial charge is 0.490 e. The van der Waals surface area contributed by atoms with E-state index >= 15 is 0 Å². The fourth-order valence-electron chi connectivity index (χ4n) is 4.28. The van der Waals surface area contributed by atoms with Gasteiger partial charge in [0.1, 0.15) is 11.6 Å². The van der Waals surface area contributed by atoms with E-state index in [4.69, 9.17) is 15.6 Å². The zero-order chi connectivity index (χ0) is 26.6. The SMILES string of the molecule is NC1CCCN(Cc2cccc(-c3ccc(-c4nc5ccc(F)cc5[nH]4)cc3)c2)C1.O=C(O)C(F)(F)F.